The molecule has 0 fully saturated rings. The molecule has 1 amide bonds. The van der Waals surface area contributed by atoms with Crippen molar-refractivity contribution < 1.29 is 27.9 Å². The molecule has 4 N–H and O–H groups in total. The molecule has 0 radical (unpaired) electrons. The summed E-state index contributed by atoms with van der Waals surface area (Å²) in [6.45, 7) is 1.28. The predicted molar refractivity (Wildman–Crippen MR) is 90.1 cm³/mol. The first-order chi connectivity index (χ1) is 11.7. The zero-order chi connectivity index (χ0) is 18.6. The lowest BCUT2D eigenvalue weighted by Crippen LogP contribution is -2.20. The molecule has 8 nitrogen and oxygen atoms in total. The van der Waals surface area contributed by atoms with Gasteiger partial charge in [0.1, 0.15) is 5.75 Å². The molecular formula is C16H16N2O6S. The van der Waals surface area contributed by atoms with Gasteiger partial charge in [0.2, 0.25) is 0 Å². The van der Waals surface area contributed by atoms with Crippen molar-refractivity contribution in [3.63, 3.8) is 0 Å². The zero-order valence-electron chi connectivity index (χ0n) is 13.2. The second kappa shape index (κ2) is 7.22. The van der Waals surface area contributed by atoms with Crippen LogP contribution in [0.25, 0.3) is 0 Å². The van der Waals surface area contributed by atoms with Crippen LogP contribution in [0.1, 0.15) is 15.9 Å². The summed E-state index contributed by atoms with van der Waals surface area (Å²) in [5.74, 6) is -1.49. The quantitative estimate of drug-likeness (QED) is 0.679. The molecule has 0 aliphatic heterocycles. The molecule has 0 atom stereocenters. The van der Waals surface area contributed by atoms with Crippen LogP contribution >= 0.6 is 0 Å². The number of hydrogen-bond donors (Lipinski definition) is 3. The highest BCUT2D eigenvalue weighted by molar-refractivity contribution is 7.92. The number of aromatic carboxylic acids is 1. The molecule has 25 heavy (non-hydrogen) atoms. The number of nitrogens with two attached hydrogens (primary N) is 1. The van der Waals surface area contributed by atoms with E-state index in [2.05, 4.69) is 4.72 Å². The van der Waals surface area contributed by atoms with E-state index < -0.39 is 21.9 Å². The second-order valence-corrected chi connectivity index (χ2v) is 6.82. The fourth-order valence-corrected chi connectivity index (χ4v) is 3.34. The van der Waals surface area contributed by atoms with Gasteiger partial charge in [-0.05, 0) is 48.9 Å². The Kier molecular flexibility index (Phi) is 5.28. The van der Waals surface area contributed by atoms with E-state index in [-0.39, 0.29) is 22.8 Å². The molecule has 0 spiro atoms. The SMILES string of the molecule is Cc1ccc(C(=O)O)cc1S(=O)(=O)Nc1ccc(OCC(N)=O)cc1. The van der Waals surface area contributed by atoms with Crippen molar-refractivity contribution in [2.45, 2.75) is 11.8 Å². The molecule has 2 aromatic carbocycles. The molecule has 0 saturated carbocycles. The van der Waals surface area contributed by atoms with Crippen molar-refractivity contribution in [3.8, 4) is 5.75 Å². The van der Waals surface area contributed by atoms with Crippen LogP contribution in [0, 0.1) is 6.92 Å². The molecule has 0 bridgehead atoms. The summed E-state index contributed by atoms with van der Waals surface area (Å²) in [4.78, 5) is 21.6. The summed E-state index contributed by atoms with van der Waals surface area (Å²) < 4.78 is 32.4. The predicted octanol–water partition coefficient (Wildman–Crippen LogP) is 1.36. The van der Waals surface area contributed by atoms with E-state index in [9.17, 15) is 18.0 Å². The minimum atomic E-state index is -3.97. The van der Waals surface area contributed by atoms with Crippen LogP contribution in [-0.2, 0) is 14.8 Å². The molecule has 0 aromatic heterocycles. The van der Waals surface area contributed by atoms with Gasteiger partial charge in [-0.3, -0.25) is 9.52 Å². The molecule has 9 heteroatoms. The van der Waals surface area contributed by atoms with Crippen molar-refractivity contribution >= 4 is 27.6 Å². The van der Waals surface area contributed by atoms with Gasteiger partial charge in [0.05, 0.1) is 10.5 Å². The number of aryl methyl sites for hydroxylation is 1. The summed E-state index contributed by atoms with van der Waals surface area (Å²) in [7, 11) is -3.97. The van der Waals surface area contributed by atoms with Crippen LogP contribution in [0.3, 0.4) is 0 Å². The number of carbonyl (C=O) groups excluding carboxylic acids is 1. The van der Waals surface area contributed by atoms with Crippen LogP contribution in [-0.4, -0.2) is 32.0 Å². The average molecular weight is 364 g/mol. The minimum Gasteiger partial charge on any atom is -0.484 e. The van der Waals surface area contributed by atoms with Crippen molar-refractivity contribution in [1.29, 1.82) is 0 Å². The maximum absolute atomic E-state index is 12.5. The normalized spacial score (nSPS) is 10.9. The number of amides is 1. The van der Waals surface area contributed by atoms with Crippen LogP contribution in [0.2, 0.25) is 0 Å². The highest BCUT2D eigenvalue weighted by atomic mass is 32.2. The lowest BCUT2D eigenvalue weighted by molar-refractivity contribution is -0.119. The third-order valence-electron chi connectivity index (χ3n) is 3.21. The Morgan fingerprint density at radius 1 is 1.16 bits per heavy atom. The van der Waals surface area contributed by atoms with Crippen molar-refractivity contribution in [3.05, 3.63) is 53.6 Å². The van der Waals surface area contributed by atoms with E-state index in [1.165, 1.54) is 36.4 Å². The van der Waals surface area contributed by atoms with Gasteiger partial charge < -0.3 is 15.6 Å². The number of rotatable bonds is 7. The van der Waals surface area contributed by atoms with Gasteiger partial charge in [-0.15, -0.1) is 0 Å². The van der Waals surface area contributed by atoms with Gasteiger partial charge in [0.15, 0.2) is 6.61 Å². The third kappa shape index (κ3) is 4.70. The number of carbonyl (C=O) groups is 2. The molecule has 2 aromatic rings. The Labute approximate surface area is 144 Å². The lowest BCUT2D eigenvalue weighted by Gasteiger charge is -2.12. The number of primary amides is 1. The van der Waals surface area contributed by atoms with Gasteiger partial charge in [-0.25, -0.2) is 13.2 Å². The Hall–Kier alpha value is -3.07. The topological polar surface area (TPSA) is 136 Å². The van der Waals surface area contributed by atoms with Gasteiger partial charge in [0.25, 0.3) is 15.9 Å². The highest BCUT2D eigenvalue weighted by Gasteiger charge is 2.19. The summed E-state index contributed by atoms with van der Waals surface area (Å²) in [5, 5.41) is 9.01. The van der Waals surface area contributed by atoms with Gasteiger partial charge in [-0.1, -0.05) is 6.07 Å². The Balaban J connectivity index is 2.23. The molecule has 0 saturated heterocycles. The first kappa shape index (κ1) is 18.3. The van der Waals surface area contributed by atoms with E-state index in [1.54, 1.807) is 6.92 Å². The number of sulfonamides is 1. The van der Waals surface area contributed by atoms with E-state index in [1.807, 2.05) is 0 Å². The molecule has 0 aliphatic carbocycles. The second-order valence-electron chi connectivity index (χ2n) is 5.17. The first-order valence-electron chi connectivity index (χ1n) is 7.07. The fraction of sp³-hybridized carbons (Fsp3) is 0.125. The third-order valence-corrected chi connectivity index (χ3v) is 4.74. The van der Waals surface area contributed by atoms with Crippen molar-refractivity contribution in [2.75, 3.05) is 11.3 Å². The van der Waals surface area contributed by atoms with Crippen molar-refractivity contribution in [2.24, 2.45) is 5.73 Å². The number of nitrogens with one attached hydrogen (secondary N) is 1. The standard InChI is InChI=1S/C16H16N2O6S/c1-10-2-3-11(16(20)21)8-14(10)25(22,23)18-12-4-6-13(7-5-12)24-9-15(17)19/h2-8,18H,9H2,1H3,(H2,17,19)(H,20,21). The van der Waals surface area contributed by atoms with E-state index in [0.29, 0.717) is 11.3 Å². The molecule has 0 heterocycles. The maximum Gasteiger partial charge on any atom is 0.335 e. The Bertz CT molecular complexity index is 907. The first-order valence-corrected chi connectivity index (χ1v) is 8.55. The van der Waals surface area contributed by atoms with E-state index in [4.69, 9.17) is 15.6 Å². The largest absolute Gasteiger partial charge is 0.484 e. The highest BCUT2D eigenvalue weighted by Crippen LogP contribution is 2.22. The molecule has 2 rings (SSSR count). The van der Waals surface area contributed by atoms with Gasteiger partial charge in [0, 0.05) is 5.69 Å². The van der Waals surface area contributed by atoms with Crippen LogP contribution in [0.15, 0.2) is 47.4 Å². The molecule has 0 aliphatic rings. The van der Waals surface area contributed by atoms with E-state index in [0.717, 1.165) is 6.07 Å². The maximum atomic E-state index is 12.5. The number of carboxylic acids is 1. The number of hydrogen-bond acceptors (Lipinski definition) is 5. The van der Waals surface area contributed by atoms with Crippen molar-refractivity contribution in [1.82, 2.24) is 0 Å². The number of carboxylic acid groups (broad SMARTS) is 1. The summed E-state index contributed by atoms with van der Waals surface area (Å²) in [6, 6.07) is 9.71. The Morgan fingerprint density at radius 3 is 2.36 bits per heavy atom. The Morgan fingerprint density at radius 2 is 1.80 bits per heavy atom. The average Bonchev–Trinajstić information content (AvgIpc) is 2.53. The lowest BCUT2D eigenvalue weighted by atomic mass is 10.1. The van der Waals surface area contributed by atoms with Gasteiger partial charge >= 0.3 is 5.97 Å². The summed E-state index contributed by atoms with van der Waals surface area (Å²) in [5.41, 5.74) is 5.52. The van der Waals surface area contributed by atoms with Gasteiger partial charge in [-0.2, -0.15) is 0 Å². The molecular weight excluding hydrogens is 348 g/mol. The number of benzene rings is 2. The molecule has 132 valence electrons. The van der Waals surface area contributed by atoms with Crippen LogP contribution in [0.4, 0.5) is 5.69 Å². The number of anilines is 1. The number of ether oxygens (including phenoxy) is 1. The minimum absolute atomic E-state index is 0.124. The summed E-state index contributed by atoms with van der Waals surface area (Å²) in [6.07, 6.45) is 0. The smallest absolute Gasteiger partial charge is 0.335 e. The fourth-order valence-electron chi connectivity index (χ4n) is 2.01. The van der Waals surface area contributed by atoms with E-state index >= 15 is 0 Å². The van der Waals surface area contributed by atoms with Crippen LogP contribution < -0.4 is 15.2 Å². The summed E-state index contributed by atoms with van der Waals surface area (Å²) >= 11 is 0. The zero-order valence-corrected chi connectivity index (χ0v) is 14.0. The van der Waals surface area contributed by atoms with Crippen LogP contribution in [0.5, 0.6) is 5.75 Å². The molecule has 0 unspecified atom stereocenters. The monoisotopic (exact) mass is 364 g/mol.